The van der Waals surface area contributed by atoms with Crippen LogP contribution in [0.4, 0.5) is 9.59 Å². The molecule has 0 radical (unpaired) electrons. The van der Waals surface area contributed by atoms with Gasteiger partial charge in [0.15, 0.2) is 0 Å². The van der Waals surface area contributed by atoms with E-state index in [1.807, 2.05) is 20.8 Å². The van der Waals surface area contributed by atoms with Crippen molar-refractivity contribution in [1.82, 2.24) is 10.2 Å². The number of amides is 2. The standard InChI is InChI=1S/C20H34N2O6/c1-5-26-16(23)20(11-7-6-8-12-20)21-17(24)27-15-9-13-22(14-10-15)18(25)28-19(2,3)4/h15H,5-14H2,1-4H3,(H,21,24). The zero-order valence-electron chi connectivity index (χ0n) is 17.5. The topological polar surface area (TPSA) is 94.2 Å². The molecule has 1 saturated heterocycles. The number of likely N-dealkylation sites (tertiary alicyclic amines) is 1. The smallest absolute Gasteiger partial charge is 0.410 e. The Morgan fingerprint density at radius 3 is 2.21 bits per heavy atom. The molecule has 8 nitrogen and oxygen atoms in total. The number of carbonyl (C=O) groups excluding carboxylic acids is 3. The first-order chi connectivity index (χ1) is 13.1. The molecular weight excluding hydrogens is 364 g/mol. The molecule has 0 unspecified atom stereocenters. The summed E-state index contributed by atoms with van der Waals surface area (Å²) in [6, 6.07) is 0. The van der Waals surface area contributed by atoms with E-state index in [0.717, 1.165) is 19.3 Å². The van der Waals surface area contributed by atoms with Crippen LogP contribution >= 0.6 is 0 Å². The Hall–Kier alpha value is -1.99. The lowest BCUT2D eigenvalue weighted by Crippen LogP contribution is -2.57. The van der Waals surface area contributed by atoms with Crippen molar-refractivity contribution in [3.63, 3.8) is 0 Å². The predicted molar refractivity (Wildman–Crippen MR) is 103 cm³/mol. The number of nitrogens with zero attached hydrogens (tertiary/aromatic N) is 1. The Morgan fingerprint density at radius 2 is 1.68 bits per heavy atom. The predicted octanol–water partition coefficient (Wildman–Crippen LogP) is 3.38. The van der Waals surface area contributed by atoms with Crippen molar-refractivity contribution in [2.24, 2.45) is 0 Å². The lowest BCUT2D eigenvalue weighted by Gasteiger charge is -2.36. The lowest BCUT2D eigenvalue weighted by molar-refractivity contribution is -0.152. The second-order valence-corrected chi connectivity index (χ2v) is 8.56. The third-order valence-corrected chi connectivity index (χ3v) is 5.08. The molecule has 0 bridgehead atoms. The van der Waals surface area contributed by atoms with Gasteiger partial charge < -0.3 is 24.4 Å². The molecule has 2 amide bonds. The third kappa shape index (κ3) is 6.27. The highest BCUT2D eigenvalue weighted by atomic mass is 16.6. The number of carbonyl (C=O) groups is 3. The van der Waals surface area contributed by atoms with Gasteiger partial charge >= 0.3 is 18.2 Å². The van der Waals surface area contributed by atoms with Gasteiger partial charge in [0, 0.05) is 25.9 Å². The van der Waals surface area contributed by atoms with Gasteiger partial charge in [-0.1, -0.05) is 19.3 Å². The van der Waals surface area contributed by atoms with Crippen LogP contribution in [0.15, 0.2) is 0 Å². The zero-order valence-corrected chi connectivity index (χ0v) is 17.5. The number of hydrogen-bond acceptors (Lipinski definition) is 6. The summed E-state index contributed by atoms with van der Waals surface area (Å²) in [6.45, 7) is 8.46. The Balaban J connectivity index is 1.84. The maximum atomic E-state index is 12.5. The molecule has 2 aliphatic rings. The van der Waals surface area contributed by atoms with Gasteiger partial charge in [-0.3, -0.25) is 0 Å². The minimum absolute atomic E-state index is 0.278. The fourth-order valence-electron chi connectivity index (χ4n) is 3.66. The van der Waals surface area contributed by atoms with E-state index < -0.39 is 17.2 Å². The van der Waals surface area contributed by atoms with Crippen LogP contribution in [0.5, 0.6) is 0 Å². The van der Waals surface area contributed by atoms with Crippen molar-refractivity contribution >= 4 is 18.2 Å². The molecule has 1 aliphatic carbocycles. The number of rotatable bonds is 4. The van der Waals surface area contributed by atoms with Gasteiger partial charge in [-0.25, -0.2) is 14.4 Å². The summed E-state index contributed by atoms with van der Waals surface area (Å²) >= 11 is 0. The number of piperidine rings is 1. The van der Waals surface area contributed by atoms with Crippen LogP contribution in [-0.2, 0) is 19.0 Å². The molecule has 0 aromatic carbocycles. The van der Waals surface area contributed by atoms with Crippen LogP contribution in [0, 0.1) is 0 Å². The first kappa shape index (κ1) is 22.3. The van der Waals surface area contributed by atoms with Gasteiger partial charge in [-0.05, 0) is 40.5 Å². The van der Waals surface area contributed by atoms with Crippen LogP contribution in [-0.4, -0.2) is 60.0 Å². The zero-order chi connectivity index (χ0) is 20.8. The SMILES string of the molecule is CCOC(=O)C1(NC(=O)OC2CCN(C(=O)OC(C)(C)C)CC2)CCCCC1. The molecule has 0 spiro atoms. The van der Waals surface area contributed by atoms with Gasteiger partial charge in [0.05, 0.1) is 6.61 Å². The molecule has 0 atom stereocenters. The lowest BCUT2D eigenvalue weighted by atomic mass is 9.82. The molecule has 0 aromatic rings. The molecule has 1 aliphatic heterocycles. The number of ether oxygens (including phenoxy) is 3. The van der Waals surface area contributed by atoms with Crippen molar-refractivity contribution in [3.8, 4) is 0 Å². The molecule has 2 fully saturated rings. The number of nitrogens with one attached hydrogen (secondary N) is 1. The first-order valence-electron chi connectivity index (χ1n) is 10.3. The van der Waals surface area contributed by atoms with Crippen LogP contribution in [0.3, 0.4) is 0 Å². The quantitative estimate of drug-likeness (QED) is 0.576. The van der Waals surface area contributed by atoms with Crippen molar-refractivity contribution < 1.29 is 28.6 Å². The normalized spacial score (nSPS) is 20.2. The molecule has 0 aromatic heterocycles. The molecule has 1 saturated carbocycles. The van der Waals surface area contributed by atoms with E-state index in [2.05, 4.69) is 5.32 Å². The second-order valence-electron chi connectivity index (χ2n) is 8.56. The molecule has 8 heteroatoms. The van der Waals surface area contributed by atoms with E-state index in [4.69, 9.17) is 14.2 Å². The molecule has 2 rings (SSSR count). The van der Waals surface area contributed by atoms with Crippen LogP contribution < -0.4 is 5.32 Å². The van der Waals surface area contributed by atoms with E-state index in [-0.39, 0.29) is 24.8 Å². The molecule has 1 heterocycles. The Kier molecular flexibility index (Phi) is 7.55. The summed E-state index contributed by atoms with van der Waals surface area (Å²) in [5.41, 5.74) is -1.52. The van der Waals surface area contributed by atoms with E-state index in [1.54, 1.807) is 11.8 Å². The van der Waals surface area contributed by atoms with Gasteiger partial charge in [0.2, 0.25) is 0 Å². The average Bonchev–Trinajstić information content (AvgIpc) is 2.61. The highest BCUT2D eigenvalue weighted by molar-refractivity contribution is 5.86. The van der Waals surface area contributed by atoms with E-state index in [1.165, 1.54) is 0 Å². The maximum Gasteiger partial charge on any atom is 0.410 e. The largest absolute Gasteiger partial charge is 0.464 e. The van der Waals surface area contributed by atoms with Gasteiger partial charge in [0.25, 0.3) is 0 Å². The summed E-state index contributed by atoms with van der Waals surface area (Å²) in [6.07, 6.45) is 3.77. The van der Waals surface area contributed by atoms with Crippen LogP contribution in [0.2, 0.25) is 0 Å². The van der Waals surface area contributed by atoms with Gasteiger partial charge in [0.1, 0.15) is 17.2 Å². The summed E-state index contributed by atoms with van der Waals surface area (Å²) in [4.78, 5) is 38.6. The molecule has 28 heavy (non-hydrogen) atoms. The Bertz CT molecular complexity index is 558. The van der Waals surface area contributed by atoms with E-state index >= 15 is 0 Å². The monoisotopic (exact) mass is 398 g/mol. The van der Waals surface area contributed by atoms with Gasteiger partial charge in [-0.15, -0.1) is 0 Å². The van der Waals surface area contributed by atoms with Gasteiger partial charge in [-0.2, -0.15) is 0 Å². The van der Waals surface area contributed by atoms with Crippen LogP contribution in [0.25, 0.3) is 0 Å². The van der Waals surface area contributed by atoms with Crippen molar-refractivity contribution in [2.75, 3.05) is 19.7 Å². The number of alkyl carbamates (subject to hydrolysis) is 1. The van der Waals surface area contributed by atoms with E-state index in [0.29, 0.717) is 38.8 Å². The Morgan fingerprint density at radius 1 is 1.07 bits per heavy atom. The summed E-state index contributed by atoms with van der Waals surface area (Å²) in [5, 5.41) is 2.79. The minimum Gasteiger partial charge on any atom is -0.464 e. The fourth-order valence-corrected chi connectivity index (χ4v) is 3.66. The number of esters is 1. The molecule has 160 valence electrons. The minimum atomic E-state index is -0.984. The third-order valence-electron chi connectivity index (χ3n) is 5.08. The molecular formula is C20H34N2O6. The van der Waals surface area contributed by atoms with Crippen LogP contribution in [0.1, 0.15) is 72.6 Å². The second kappa shape index (κ2) is 9.47. The highest BCUT2D eigenvalue weighted by Gasteiger charge is 2.43. The van der Waals surface area contributed by atoms with E-state index in [9.17, 15) is 14.4 Å². The molecule has 1 N–H and O–H groups in total. The summed E-state index contributed by atoms with van der Waals surface area (Å²) < 4.78 is 16.1. The van der Waals surface area contributed by atoms with Crippen molar-refractivity contribution in [3.05, 3.63) is 0 Å². The van der Waals surface area contributed by atoms with Crippen molar-refractivity contribution in [2.45, 2.75) is 89.9 Å². The first-order valence-corrected chi connectivity index (χ1v) is 10.3. The number of hydrogen-bond donors (Lipinski definition) is 1. The maximum absolute atomic E-state index is 12.5. The summed E-state index contributed by atoms with van der Waals surface area (Å²) in [7, 11) is 0. The highest BCUT2D eigenvalue weighted by Crippen LogP contribution is 2.30. The Labute approximate surface area is 167 Å². The summed E-state index contributed by atoms with van der Waals surface area (Å²) in [5.74, 6) is -0.383. The van der Waals surface area contributed by atoms with Crippen molar-refractivity contribution in [1.29, 1.82) is 0 Å². The fraction of sp³-hybridized carbons (Fsp3) is 0.850. The average molecular weight is 399 g/mol.